The molecule has 0 saturated heterocycles. The van der Waals surface area contributed by atoms with Gasteiger partial charge in [0.2, 0.25) is 0 Å². The number of benzene rings is 2. The number of aliphatic hydroxyl groups is 1. The number of thioether (sulfide) groups is 1. The van der Waals surface area contributed by atoms with E-state index in [9.17, 15) is 14.7 Å². The Balaban J connectivity index is 2.00. The minimum atomic E-state index is -0.433. The summed E-state index contributed by atoms with van der Waals surface area (Å²) in [5, 5.41) is 18.1. The van der Waals surface area contributed by atoms with E-state index in [1.165, 1.54) is 0 Å². The van der Waals surface area contributed by atoms with E-state index in [0.717, 1.165) is 16.7 Å². The van der Waals surface area contributed by atoms with Gasteiger partial charge < -0.3 is 9.84 Å². The van der Waals surface area contributed by atoms with Crippen LogP contribution >= 0.6 is 11.8 Å². The number of hydrogen-bond donors (Lipinski definition) is 1. The van der Waals surface area contributed by atoms with Crippen molar-refractivity contribution in [2.45, 2.75) is 6.92 Å². The van der Waals surface area contributed by atoms with Crippen LogP contribution in [0.25, 0.3) is 5.57 Å². The lowest BCUT2D eigenvalue weighted by atomic mass is 10.1. The number of amides is 2. The SMILES string of the molecule is CCOc1ccc(C2=C(SCCO)C(=O)N(c3ccc(C#N)cc3)C2=O)cc1. The van der Waals surface area contributed by atoms with Crippen LogP contribution in [0.1, 0.15) is 18.1 Å². The van der Waals surface area contributed by atoms with E-state index in [2.05, 4.69) is 0 Å². The summed E-state index contributed by atoms with van der Waals surface area (Å²) in [6, 6.07) is 15.3. The van der Waals surface area contributed by atoms with Crippen molar-refractivity contribution in [3.8, 4) is 11.8 Å². The molecule has 0 fully saturated rings. The second-order valence-corrected chi connectivity index (χ2v) is 6.94. The molecule has 0 saturated carbocycles. The standard InChI is InChI=1S/C21H18N2O4S/c1-2-27-17-9-5-15(6-10-17)18-19(28-12-11-24)21(26)23(20(18)25)16-7-3-14(13-22)4-8-16/h3-10,24H,2,11-12H2,1H3. The van der Waals surface area contributed by atoms with E-state index < -0.39 is 11.8 Å². The van der Waals surface area contributed by atoms with Crippen molar-refractivity contribution in [3.05, 3.63) is 64.6 Å². The molecule has 7 heteroatoms. The number of nitrogens with zero attached hydrogens (tertiary/aromatic N) is 2. The molecule has 2 aromatic carbocycles. The average Bonchev–Trinajstić information content (AvgIpc) is 2.97. The molecule has 2 amide bonds. The number of hydrogen-bond acceptors (Lipinski definition) is 6. The van der Waals surface area contributed by atoms with Crippen LogP contribution in [0.4, 0.5) is 5.69 Å². The maximum atomic E-state index is 13.1. The van der Waals surface area contributed by atoms with Crippen LogP contribution in [0, 0.1) is 11.3 Å². The Morgan fingerprint density at radius 2 is 1.75 bits per heavy atom. The summed E-state index contributed by atoms with van der Waals surface area (Å²) in [7, 11) is 0. The molecule has 0 aliphatic carbocycles. The predicted octanol–water partition coefficient (Wildman–Crippen LogP) is 2.97. The third-order valence-corrected chi connectivity index (χ3v) is 5.14. The molecule has 0 atom stereocenters. The van der Waals surface area contributed by atoms with Gasteiger partial charge in [-0.1, -0.05) is 12.1 Å². The Kier molecular flexibility index (Phi) is 6.14. The van der Waals surface area contributed by atoms with Crippen LogP contribution in [0.3, 0.4) is 0 Å². The predicted molar refractivity (Wildman–Crippen MR) is 108 cm³/mol. The topological polar surface area (TPSA) is 90.6 Å². The lowest BCUT2D eigenvalue weighted by molar-refractivity contribution is -0.119. The van der Waals surface area contributed by atoms with Crippen molar-refractivity contribution >= 4 is 34.8 Å². The summed E-state index contributed by atoms with van der Waals surface area (Å²) in [6.07, 6.45) is 0. The molecule has 0 spiro atoms. The highest BCUT2D eigenvalue weighted by Crippen LogP contribution is 2.38. The number of carbonyl (C=O) groups excluding carboxylic acids is 2. The second kappa shape index (κ2) is 8.74. The van der Waals surface area contributed by atoms with Crippen molar-refractivity contribution < 1.29 is 19.4 Å². The molecular weight excluding hydrogens is 376 g/mol. The minimum Gasteiger partial charge on any atom is -0.494 e. The molecule has 28 heavy (non-hydrogen) atoms. The third kappa shape index (κ3) is 3.79. The number of anilines is 1. The largest absolute Gasteiger partial charge is 0.494 e. The zero-order valence-electron chi connectivity index (χ0n) is 15.2. The summed E-state index contributed by atoms with van der Waals surface area (Å²) in [4.78, 5) is 27.5. The second-order valence-electron chi connectivity index (χ2n) is 5.84. The summed E-state index contributed by atoms with van der Waals surface area (Å²) in [5.74, 6) is 0.115. The smallest absolute Gasteiger partial charge is 0.272 e. The zero-order valence-corrected chi connectivity index (χ0v) is 16.0. The van der Waals surface area contributed by atoms with Crippen molar-refractivity contribution in [1.29, 1.82) is 5.26 Å². The molecule has 142 valence electrons. The van der Waals surface area contributed by atoms with E-state index in [1.807, 2.05) is 13.0 Å². The van der Waals surface area contributed by atoms with Gasteiger partial charge in [0.1, 0.15) is 5.75 Å². The van der Waals surface area contributed by atoms with Crippen LogP contribution in [0.2, 0.25) is 0 Å². The van der Waals surface area contributed by atoms with Crippen molar-refractivity contribution in [2.75, 3.05) is 23.9 Å². The molecule has 1 aliphatic heterocycles. The number of carbonyl (C=O) groups is 2. The van der Waals surface area contributed by atoms with Crippen molar-refractivity contribution in [3.63, 3.8) is 0 Å². The number of rotatable bonds is 7. The van der Waals surface area contributed by atoms with Gasteiger partial charge in [0, 0.05) is 5.75 Å². The Hall–Kier alpha value is -3.08. The highest BCUT2D eigenvalue weighted by atomic mass is 32.2. The summed E-state index contributed by atoms with van der Waals surface area (Å²) in [6.45, 7) is 2.31. The highest BCUT2D eigenvalue weighted by Gasteiger charge is 2.40. The maximum absolute atomic E-state index is 13.1. The maximum Gasteiger partial charge on any atom is 0.272 e. The van der Waals surface area contributed by atoms with Crippen LogP contribution in [-0.2, 0) is 9.59 Å². The first kappa shape index (κ1) is 19.7. The fourth-order valence-electron chi connectivity index (χ4n) is 2.85. The Morgan fingerprint density at radius 3 is 2.32 bits per heavy atom. The van der Waals surface area contributed by atoms with Gasteiger partial charge in [0.05, 0.1) is 41.0 Å². The molecular formula is C21H18N2O4S. The molecule has 3 rings (SSSR count). The summed E-state index contributed by atoms with van der Waals surface area (Å²) in [5.41, 5.74) is 1.75. The van der Waals surface area contributed by atoms with E-state index in [-0.39, 0.29) is 6.61 Å². The molecule has 1 aliphatic rings. The molecule has 0 unspecified atom stereocenters. The monoisotopic (exact) mass is 394 g/mol. The number of aliphatic hydroxyl groups excluding tert-OH is 1. The average molecular weight is 394 g/mol. The quantitative estimate of drug-likeness (QED) is 0.726. The van der Waals surface area contributed by atoms with Gasteiger partial charge in [-0.2, -0.15) is 5.26 Å². The van der Waals surface area contributed by atoms with Gasteiger partial charge >= 0.3 is 0 Å². The van der Waals surface area contributed by atoms with Gasteiger partial charge in [-0.05, 0) is 48.9 Å². The van der Waals surface area contributed by atoms with Crippen LogP contribution in [0.15, 0.2) is 53.4 Å². The molecule has 0 radical (unpaired) electrons. The van der Waals surface area contributed by atoms with E-state index >= 15 is 0 Å². The van der Waals surface area contributed by atoms with E-state index in [1.54, 1.807) is 48.5 Å². The van der Waals surface area contributed by atoms with Crippen molar-refractivity contribution in [1.82, 2.24) is 0 Å². The first-order valence-electron chi connectivity index (χ1n) is 8.70. The fourth-order valence-corrected chi connectivity index (χ4v) is 3.71. The molecule has 0 aromatic heterocycles. The lowest BCUT2D eigenvalue weighted by Gasteiger charge is -2.15. The van der Waals surface area contributed by atoms with Gasteiger partial charge in [0.15, 0.2) is 0 Å². The van der Waals surface area contributed by atoms with Gasteiger partial charge in [0.25, 0.3) is 11.8 Å². The normalized spacial score (nSPS) is 13.8. The molecule has 6 nitrogen and oxygen atoms in total. The van der Waals surface area contributed by atoms with E-state index in [4.69, 9.17) is 10.00 Å². The molecule has 0 bridgehead atoms. The summed E-state index contributed by atoms with van der Waals surface area (Å²) >= 11 is 1.15. The summed E-state index contributed by atoms with van der Waals surface area (Å²) < 4.78 is 5.43. The first-order chi connectivity index (χ1) is 13.6. The molecule has 1 N–H and O–H groups in total. The lowest BCUT2D eigenvalue weighted by Crippen LogP contribution is -2.31. The Bertz CT molecular complexity index is 959. The van der Waals surface area contributed by atoms with Crippen LogP contribution in [-0.4, -0.2) is 35.9 Å². The van der Waals surface area contributed by atoms with Gasteiger partial charge in [-0.25, -0.2) is 4.90 Å². The van der Waals surface area contributed by atoms with Crippen molar-refractivity contribution in [2.24, 2.45) is 0 Å². The van der Waals surface area contributed by atoms with Crippen LogP contribution < -0.4 is 9.64 Å². The van der Waals surface area contributed by atoms with E-state index in [0.29, 0.717) is 45.4 Å². The fraction of sp³-hybridized carbons (Fsp3) is 0.190. The third-order valence-electron chi connectivity index (χ3n) is 4.09. The van der Waals surface area contributed by atoms with Gasteiger partial charge in [-0.15, -0.1) is 11.8 Å². The van der Waals surface area contributed by atoms with Gasteiger partial charge in [-0.3, -0.25) is 9.59 Å². The number of imide groups is 1. The first-order valence-corrected chi connectivity index (χ1v) is 9.69. The zero-order chi connectivity index (χ0) is 20.1. The number of nitriles is 1. The molecule has 1 heterocycles. The van der Waals surface area contributed by atoms with Crippen LogP contribution in [0.5, 0.6) is 5.75 Å². The minimum absolute atomic E-state index is 0.108. The Labute approximate surface area is 167 Å². The highest BCUT2D eigenvalue weighted by molar-refractivity contribution is 8.04. The molecule has 2 aromatic rings. The number of ether oxygens (including phenoxy) is 1. The Morgan fingerprint density at radius 1 is 1.07 bits per heavy atom.